The van der Waals surface area contributed by atoms with E-state index in [1.807, 2.05) is 6.92 Å². The average Bonchev–Trinajstić information content (AvgIpc) is 3.21. The standard InChI is InChI=1S/C15H17F2NO3/c1-2-4-12(15(20)21)18-14(19)10-7-9(10)8-5-3-6-11(16)13(8)17/h3,5-6,9-10,12H,2,4,7H2,1H3,(H,18,19)(H,20,21). The predicted octanol–water partition coefficient (Wildman–Crippen LogP) is 2.44. The first-order valence-corrected chi connectivity index (χ1v) is 6.92. The number of amides is 1. The normalized spacial score (nSPS) is 21.7. The fourth-order valence-electron chi connectivity index (χ4n) is 2.46. The number of carboxylic acid groups (broad SMARTS) is 1. The number of hydrogen-bond donors (Lipinski definition) is 2. The fourth-order valence-corrected chi connectivity index (χ4v) is 2.46. The van der Waals surface area contributed by atoms with Gasteiger partial charge in [-0.15, -0.1) is 0 Å². The third kappa shape index (κ3) is 3.37. The van der Waals surface area contributed by atoms with Gasteiger partial charge in [-0.1, -0.05) is 25.5 Å². The molecule has 2 rings (SSSR count). The molecule has 114 valence electrons. The molecule has 0 aliphatic heterocycles. The third-order valence-corrected chi connectivity index (χ3v) is 3.70. The van der Waals surface area contributed by atoms with Crippen LogP contribution in [0.1, 0.15) is 37.7 Å². The van der Waals surface area contributed by atoms with E-state index < -0.39 is 35.5 Å². The van der Waals surface area contributed by atoms with Crippen LogP contribution in [0.2, 0.25) is 0 Å². The van der Waals surface area contributed by atoms with Gasteiger partial charge in [0, 0.05) is 5.92 Å². The van der Waals surface area contributed by atoms with Crippen molar-refractivity contribution in [3.05, 3.63) is 35.4 Å². The van der Waals surface area contributed by atoms with Gasteiger partial charge in [0.2, 0.25) is 5.91 Å². The number of hydrogen-bond acceptors (Lipinski definition) is 2. The minimum absolute atomic E-state index is 0.178. The van der Waals surface area contributed by atoms with Crippen LogP contribution in [-0.2, 0) is 9.59 Å². The number of aliphatic carboxylic acids is 1. The van der Waals surface area contributed by atoms with Crippen LogP contribution in [-0.4, -0.2) is 23.0 Å². The zero-order valence-electron chi connectivity index (χ0n) is 11.6. The van der Waals surface area contributed by atoms with Crippen molar-refractivity contribution >= 4 is 11.9 Å². The van der Waals surface area contributed by atoms with Crippen molar-refractivity contribution in [3.8, 4) is 0 Å². The highest BCUT2D eigenvalue weighted by molar-refractivity contribution is 5.87. The van der Waals surface area contributed by atoms with Gasteiger partial charge in [-0.05, 0) is 30.4 Å². The predicted molar refractivity (Wildman–Crippen MR) is 71.7 cm³/mol. The first-order chi connectivity index (χ1) is 9.95. The molecule has 1 fully saturated rings. The van der Waals surface area contributed by atoms with Crippen molar-refractivity contribution < 1.29 is 23.5 Å². The lowest BCUT2D eigenvalue weighted by Crippen LogP contribution is -2.41. The molecular formula is C15H17F2NO3. The second-order valence-corrected chi connectivity index (χ2v) is 5.28. The van der Waals surface area contributed by atoms with E-state index in [1.165, 1.54) is 12.1 Å². The Labute approximate surface area is 121 Å². The fraction of sp³-hybridized carbons (Fsp3) is 0.467. The molecule has 6 heteroatoms. The van der Waals surface area contributed by atoms with E-state index in [1.54, 1.807) is 0 Å². The van der Waals surface area contributed by atoms with Gasteiger partial charge in [0.1, 0.15) is 6.04 Å². The molecular weight excluding hydrogens is 280 g/mol. The van der Waals surface area contributed by atoms with Crippen molar-refractivity contribution in [2.24, 2.45) is 5.92 Å². The highest BCUT2D eigenvalue weighted by Gasteiger charge is 2.46. The molecule has 1 aromatic carbocycles. The summed E-state index contributed by atoms with van der Waals surface area (Å²) in [6.07, 6.45) is 1.38. The Kier molecular flexibility index (Phi) is 4.55. The zero-order chi connectivity index (χ0) is 15.6. The largest absolute Gasteiger partial charge is 0.480 e. The lowest BCUT2D eigenvalue weighted by molar-refractivity contribution is -0.142. The van der Waals surface area contributed by atoms with Gasteiger partial charge in [0.15, 0.2) is 11.6 Å². The van der Waals surface area contributed by atoms with Crippen LogP contribution in [0.25, 0.3) is 0 Å². The van der Waals surface area contributed by atoms with E-state index in [2.05, 4.69) is 5.32 Å². The number of nitrogens with one attached hydrogen (secondary N) is 1. The molecule has 2 N–H and O–H groups in total. The number of benzene rings is 1. The summed E-state index contributed by atoms with van der Waals surface area (Å²) in [4.78, 5) is 23.0. The summed E-state index contributed by atoms with van der Waals surface area (Å²) in [5.41, 5.74) is 0.178. The Balaban J connectivity index is 2.01. The maximum atomic E-state index is 13.6. The van der Waals surface area contributed by atoms with Gasteiger partial charge in [-0.2, -0.15) is 0 Å². The Bertz CT molecular complexity index is 562. The highest BCUT2D eigenvalue weighted by atomic mass is 19.2. The molecule has 1 aliphatic rings. The van der Waals surface area contributed by atoms with E-state index >= 15 is 0 Å². The van der Waals surface area contributed by atoms with Gasteiger partial charge >= 0.3 is 5.97 Å². The smallest absolute Gasteiger partial charge is 0.326 e. The zero-order valence-corrected chi connectivity index (χ0v) is 11.6. The van der Waals surface area contributed by atoms with Crippen LogP contribution in [0.3, 0.4) is 0 Å². The van der Waals surface area contributed by atoms with Gasteiger partial charge in [-0.3, -0.25) is 4.79 Å². The molecule has 4 nitrogen and oxygen atoms in total. The van der Waals surface area contributed by atoms with Crippen molar-refractivity contribution in [2.75, 3.05) is 0 Å². The minimum atomic E-state index is -1.08. The molecule has 0 aromatic heterocycles. The summed E-state index contributed by atoms with van der Waals surface area (Å²) >= 11 is 0. The number of carboxylic acids is 1. The number of halogens is 2. The lowest BCUT2D eigenvalue weighted by atomic mass is 10.1. The second-order valence-electron chi connectivity index (χ2n) is 5.28. The number of carbonyl (C=O) groups excluding carboxylic acids is 1. The summed E-state index contributed by atoms with van der Waals surface area (Å²) in [5.74, 6) is -4.23. The highest BCUT2D eigenvalue weighted by Crippen LogP contribution is 2.48. The first-order valence-electron chi connectivity index (χ1n) is 6.92. The van der Waals surface area contributed by atoms with E-state index in [0.29, 0.717) is 19.3 Å². The van der Waals surface area contributed by atoms with Crippen LogP contribution < -0.4 is 5.32 Å². The van der Waals surface area contributed by atoms with Gasteiger partial charge in [0.05, 0.1) is 0 Å². The molecule has 3 unspecified atom stereocenters. The second kappa shape index (κ2) is 6.20. The summed E-state index contributed by atoms with van der Waals surface area (Å²) in [7, 11) is 0. The summed E-state index contributed by atoms with van der Waals surface area (Å²) in [5, 5.41) is 11.5. The molecule has 0 heterocycles. The van der Waals surface area contributed by atoms with Crippen LogP contribution in [0.4, 0.5) is 8.78 Å². The number of rotatable bonds is 6. The van der Waals surface area contributed by atoms with Crippen LogP contribution in [0, 0.1) is 17.6 Å². The molecule has 1 aliphatic carbocycles. The molecule has 0 radical (unpaired) electrons. The molecule has 0 saturated heterocycles. The van der Waals surface area contributed by atoms with Gasteiger partial charge in [0.25, 0.3) is 0 Å². The van der Waals surface area contributed by atoms with Gasteiger partial charge in [-0.25, -0.2) is 13.6 Å². The van der Waals surface area contributed by atoms with E-state index in [9.17, 15) is 18.4 Å². The van der Waals surface area contributed by atoms with Crippen LogP contribution in [0.15, 0.2) is 18.2 Å². The first kappa shape index (κ1) is 15.4. The van der Waals surface area contributed by atoms with E-state index in [0.717, 1.165) is 6.07 Å². The lowest BCUT2D eigenvalue weighted by Gasteiger charge is -2.13. The Morgan fingerprint density at radius 2 is 2.14 bits per heavy atom. The molecule has 1 saturated carbocycles. The molecule has 3 atom stereocenters. The quantitative estimate of drug-likeness (QED) is 0.847. The molecule has 1 amide bonds. The summed E-state index contributed by atoms with van der Waals surface area (Å²) < 4.78 is 26.8. The van der Waals surface area contributed by atoms with Crippen molar-refractivity contribution in [1.82, 2.24) is 5.32 Å². The van der Waals surface area contributed by atoms with Crippen molar-refractivity contribution in [1.29, 1.82) is 0 Å². The monoisotopic (exact) mass is 297 g/mol. The third-order valence-electron chi connectivity index (χ3n) is 3.70. The van der Waals surface area contributed by atoms with Crippen molar-refractivity contribution in [2.45, 2.75) is 38.1 Å². The maximum Gasteiger partial charge on any atom is 0.326 e. The molecule has 0 bridgehead atoms. The minimum Gasteiger partial charge on any atom is -0.480 e. The average molecular weight is 297 g/mol. The van der Waals surface area contributed by atoms with Crippen LogP contribution in [0.5, 0.6) is 0 Å². The van der Waals surface area contributed by atoms with E-state index in [4.69, 9.17) is 5.11 Å². The SMILES string of the molecule is CCCC(NC(=O)C1CC1c1cccc(F)c1F)C(=O)O. The van der Waals surface area contributed by atoms with E-state index in [-0.39, 0.29) is 11.5 Å². The van der Waals surface area contributed by atoms with Gasteiger partial charge < -0.3 is 10.4 Å². The number of carbonyl (C=O) groups is 2. The molecule has 1 aromatic rings. The Morgan fingerprint density at radius 3 is 2.76 bits per heavy atom. The van der Waals surface area contributed by atoms with Crippen LogP contribution >= 0.6 is 0 Å². The molecule has 0 spiro atoms. The summed E-state index contributed by atoms with van der Waals surface area (Å²) in [6.45, 7) is 1.82. The Morgan fingerprint density at radius 1 is 1.43 bits per heavy atom. The molecule has 21 heavy (non-hydrogen) atoms. The van der Waals surface area contributed by atoms with Crippen molar-refractivity contribution in [3.63, 3.8) is 0 Å². The maximum absolute atomic E-state index is 13.6. The topological polar surface area (TPSA) is 66.4 Å². The Hall–Kier alpha value is -1.98. The summed E-state index contributed by atoms with van der Waals surface area (Å²) in [6, 6.07) is 2.95.